The first-order valence-electron chi connectivity index (χ1n) is 8.27. The average Bonchev–Trinajstić information content (AvgIpc) is 2.51. The highest BCUT2D eigenvalue weighted by molar-refractivity contribution is 5.76. The minimum atomic E-state index is -0.0679. The Bertz CT molecular complexity index is 526. The van der Waals surface area contributed by atoms with Crippen LogP contribution in [0, 0.1) is 0 Å². The molecule has 0 fully saturated rings. The van der Waals surface area contributed by atoms with Crippen molar-refractivity contribution in [1.29, 1.82) is 0 Å². The highest BCUT2D eigenvalue weighted by atomic mass is 16.2. The van der Waals surface area contributed by atoms with E-state index in [0.717, 1.165) is 12.8 Å². The van der Waals surface area contributed by atoms with Crippen molar-refractivity contribution in [2.24, 2.45) is 0 Å². The van der Waals surface area contributed by atoms with E-state index in [9.17, 15) is 9.59 Å². The number of rotatable bonds is 7. The molecule has 0 aliphatic heterocycles. The van der Waals surface area contributed by atoms with E-state index in [4.69, 9.17) is 0 Å². The number of amides is 2. The van der Waals surface area contributed by atoms with Gasteiger partial charge in [0.05, 0.1) is 0 Å². The SMILES string of the molecule is CC(=O)NCCNC(=O)CCCc1ccc2c(c1)CCCC2. The van der Waals surface area contributed by atoms with E-state index in [2.05, 4.69) is 28.8 Å². The lowest BCUT2D eigenvalue weighted by Gasteiger charge is -2.16. The van der Waals surface area contributed by atoms with E-state index in [-0.39, 0.29) is 11.8 Å². The molecule has 4 heteroatoms. The Labute approximate surface area is 132 Å². The molecule has 0 spiro atoms. The number of nitrogens with one attached hydrogen (secondary N) is 2. The van der Waals surface area contributed by atoms with Gasteiger partial charge in [-0.25, -0.2) is 0 Å². The molecule has 1 aromatic carbocycles. The summed E-state index contributed by atoms with van der Waals surface area (Å²) < 4.78 is 0. The summed E-state index contributed by atoms with van der Waals surface area (Å²) in [5.41, 5.74) is 4.35. The number of fused-ring (bicyclic) bond motifs is 1. The summed E-state index contributed by atoms with van der Waals surface area (Å²) in [5, 5.41) is 5.48. The molecule has 4 nitrogen and oxygen atoms in total. The van der Waals surface area contributed by atoms with Gasteiger partial charge >= 0.3 is 0 Å². The fraction of sp³-hybridized carbons (Fsp3) is 0.556. The molecule has 0 bridgehead atoms. The summed E-state index contributed by atoms with van der Waals surface area (Å²) in [6.45, 7) is 2.46. The van der Waals surface area contributed by atoms with E-state index >= 15 is 0 Å². The second-order valence-corrected chi connectivity index (χ2v) is 6.00. The molecule has 120 valence electrons. The van der Waals surface area contributed by atoms with Crippen molar-refractivity contribution < 1.29 is 9.59 Å². The number of aryl methyl sites for hydroxylation is 3. The van der Waals surface area contributed by atoms with E-state index in [1.165, 1.54) is 49.3 Å². The van der Waals surface area contributed by atoms with Crippen molar-refractivity contribution in [1.82, 2.24) is 10.6 Å². The van der Waals surface area contributed by atoms with Gasteiger partial charge in [-0.3, -0.25) is 9.59 Å². The van der Waals surface area contributed by atoms with Crippen LogP contribution >= 0.6 is 0 Å². The summed E-state index contributed by atoms with van der Waals surface area (Å²) >= 11 is 0. The zero-order valence-electron chi connectivity index (χ0n) is 13.4. The first-order chi connectivity index (χ1) is 10.6. The summed E-state index contributed by atoms with van der Waals surface area (Å²) in [7, 11) is 0. The van der Waals surface area contributed by atoms with Crippen molar-refractivity contribution in [3.8, 4) is 0 Å². The molecular formula is C18H26N2O2. The standard InChI is InChI=1S/C18H26N2O2/c1-14(21)19-11-12-20-18(22)8-4-5-15-9-10-16-6-2-3-7-17(16)13-15/h9-10,13H,2-8,11-12H2,1H3,(H,19,21)(H,20,22). The van der Waals surface area contributed by atoms with Crippen molar-refractivity contribution >= 4 is 11.8 Å². The minimum absolute atomic E-state index is 0.0586. The van der Waals surface area contributed by atoms with Gasteiger partial charge < -0.3 is 10.6 Å². The fourth-order valence-corrected chi connectivity index (χ4v) is 2.92. The fourth-order valence-electron chi connectivity index (χ4n) is 2.92. The number of hydrogen-bond donors (Lipinski definition) is 2. The Morgan fingerprint density at radius 2 is 1.77 bits per heavy atom. The van der Waals surface area contributed by atoms with Crippen LogP contribution in [0.15, 0.2) is 18.2 Å². The van der Waals surface area contributed by atoms with E-state index in [1.54, 1.807) is 0 Å². The van der Waals surface area contributed by atoms with Crippen LogP contribution in [0.5, 0.6) is 0 Å². The van der Waals surface area contributed by atoms with Gasteiger partial charge in [0.2, 0.25) is 11.8 Å². The summed E-state index contributed by atoms with van der Waals surface area (Å²) in [6, 6.07) is 6.79. The molecule has 0 saturated carbocycles. The maximum Gasteiger partial charge on any atom is 0.220 e. The quantitative estimate of drug-likeness (QED) is 0.758. The Hall–Kier alpha value is -1.84. The molecule has 1 aliphatic carbocycles. The van der Waals surface area contributed by atoms with Gasteiger partial charge in [0, 0.05) is 26.4 Å². The van der Waals surface area contributed by atoms with Gasteiger partial charge in [-0.1, -0.05) is 18.2 Å². The maximum atomic E-state index is 11.7. The van der Waals surface area contributed by atoms with Crippen LogP contribution in [0.25, 0.3) is 0 Å². The molecule has 1 aromatic rings. The molecule has 2 N–H and O–H groups in total. The lowest BCUT2D eigenvalue weighted by Crippen LogP contribution is -2.33. The molecule has 0 aromatic heterocycles. The van der Waals surface area contributed by atoms with Gasteiger partial charge in [-0.2, -0.15) is 0 Å². The average molecular weight is 302 g/mol. The Balaban J connectivity index is 1.65. The molecular weight excluding hydrogens is 276 g/mol. The van der Waals surface area contributed by atoms with Crippen molar-refractivity contribution in [3.05, 3.63) is 34.9 Å². The van der Waals surface area contributed by atoms with Gasteiger partial charge in [0.25, 0.3) is 0 Å². The molecule has 22 heavy (non-hydrogen) atoms. The van der Waals surface area contributed by atoms with Crippen molar-refractivity contribution in [2.75, 3.05) is 13.1 Å². The molecule has 1 aliphatic rings. The minimum Gasteiger partial charge on any atom is -0.355 e. The monoisotopic (exact) mass is 302 g/mol. The molecule has 0 heterocycles. The van der Waals surface area contributed by atoms with E-state index in [1.807, 2.05) is 0 Å². The van der Waals surface area contributed by atoms with Gasteiger partial charge in [-0.05, 0) is 55.2 Å². The summed E-state index contributed by atoms with van der Waals surface area (Å²) in [6.07, 6.45) is 7.38. The number of carbonyl (C=O) groups is 2. The first kappa shape index (κ1) is 16.5. The smallest absolute Gasteiger partial charge is 0.220 e. The van der Waals surface area contributed by atoms with Crippen molar-refractivity contribution in [2.45, 2.75) is 51.9 Å². The normalized spacial score (nSPS) is 13.3. The van der Waals surface area contributed by atoms with Gasteiger partial charge in [0.15, 0.2) is 0 Å². The summed E-state index contributed by atoms with van der Waals surface area (Å²) in [4.78, 5) is 22.4. The molecule has 2 rings (SSSR count). The van der Waals surface area contributed by atoms with Crippen LogP contribution < -0.4 is 10.6 Å². The van der Waals surface area contributed by atoms with Crippen LogP contribution in [0.4, 0.5) is 0 Å². The third kappa shape index (κ3) is 5.51. The third-order valence-electron chi connectivity index (χ3n) is 4.10. The highest BCUT2D eigenvalue weighted by Gasteiger charge is 2.09. The zero-order chi connectivity index (χ0) is 15.8. The number of hydrogen-bond acceptors (Lipinski definition) is 2. The summed E-state index contributed by atoms with van der Waals surface area (Å²) in [5.74, 6) is -0.00929. The second-order valence-electron chi connectivity index (χ2n) is 6.00. The molecule has 0 atom stereocenters. The predicted molar refractivity (Wildman–Crippen MR) is 87.7 cm³/mol. The number of benzene rings is 1. The molecule has 2 amide bonds. The Morgan fingerprint density at radius 1 is 1.05 bits per heavy atom. The third-order valence-corrected chi connectivity index (χ3v) is 4.10. The topological polar surface area (TPSA) is 58.2 Å². The second kappa shape index (κ2) is 8.57. The van der Waals surface area contributed by atoms with Gasteiger partial charge in [0.1, 0.15) is 0 Å². The van der Waals surface area contributed by atoms with Gasteiger partial charge in [-0.15, -0.1) is 0 Å². The lowest BCUT2D eigenvalue weighted by molar-refractivity contribution is -0.122. The first-order valence-corrected chi connectivity index (χ1v) is 8.27. The van der Waals surface area contributed by atoms with Crippen LogP contribution in [-0.4, -0.2) is 24.9 Å². The van der Waals surface area contributed by atoms with E-state index < -0.39 is 0 Å². The molecule has 0 saturated heterocycles. The molecule has 0 unspecified atom stereocenters. The lowest BCUT2D eigenvalue weighted by atomic mass is 9.89. The maximum absolute atomic E-state index is 11.7. The number of carbonyl (C=O) groups excluding carboxylic acids is 2. The predicted octanol–water partition coefficient (Wildman–Crippen LogP) is 2.14. The van der Waals surface area contributed by atoms with Crippen LogP contribution in [-0.2, 0) is 28.9 Å². The largest absolute Gasteiger partial charge is 0.355 e. The van der Waals surface area contributed by atoms with Crippen LogP contribution in [0.3, 0.4) is 0 Å². The van der Waals surface area contributed by atoms with E-state index in [0.29, 0.717) is 19.5 Å². The Morgan fingerprint density at radius 3 is 2.55 bits per heavy atom. The van der Waals surface area contributed by atoms with Crippen molar-refractivity contribution in [3.63, 3.8) is 0 Å². The Kier molecular flexibility index (Phi) is 6.44. The zero-order valence-corrected chi connectivity index (χ0v) is 13.4. The molecule has 0 radical (unpaired) electrons. The van der Waals surface area contributed by atoms with Crippen LogP contribution in [0.1, 0.15) is 49.3 Å². The highest BCUT2D eigenvalue weighted by Crippen LogP contribution is 2.22. The van der Waals surface area contributed by atoms with Crippen LogP contribution in [0.2, 0.25) is 0 Å².